The van der Waals surface area contributed by atoms with Gasteiger partial charge in [-0.05, 0) is 52.6 Å². The van der Waals surface area contributed by atoms with Gasteiger partial charge in [-0.3, -0.25) is 0 Å². The number of hydrogen-bond acceptors (Lipinski definition) is 6. The Morgan fingerprint density at radius 2 is 1.81 bits per heavy atom. The molecule has 0 aliphatic rings. The van der Waals surface area contributed by atoms with Gasteiger partial charge in [-0.15, -0.1) is 5.10 Å². The van der Waals surface area contributed by atoms with Gasteiger partial charge in [0.25, 0.3) is 0 Å². The molecule has 2 aromatic carbocycles. The van der Waals surface area contributed by atoms with Crippen LogP contribution in [0.1, 0.15) is 36.2 Å². The number of tetrazole rings is 1. The van der Waals surface area contributed by atoms with E-state index < -0.39 is 5.97 Å². The molecule has 2 N–H and O–H groups in total. The van der Waals surface area contributed by atoms with Crippen molar-refractivity contribution in [3.63, 3.8) is 0 Å². The number of carboxylic acids is 1. The van der Waals surface area contributed by atoms with Crippen LogP contribution in [-0.4, -0.2) is 42.7 Å². The number of aromatic amines is 1. The fourth-order valence-electron chi connectivity index (χ4n) is 3.65. The fourth-order valence-corrected chi connectivity index (χ4v) is 3.65. The molecule has 0 fully saturated rings. The lowest BCUT2D eigenvalue weighted by Gasteiger charge is -2.31. The standard InChI is InChI=1S/C24H24N6O2/c1-3-16(2)30(23-21(24(31)32)9-6-14-25-23)15-17-10-12-18(13-11-17)19-7-4-5-8-20(19)22-26-28-29-27-22/h4-14,16H,3,15H2,1-2H3,(H,31,32)(H,26,27,28,29). The molecule has 0 spiro atoms. The van der Waals surface area contributed by atoms with E-state index in [4.69, 9.17) is 0 Å². The number of carbonyl (C=O) groups is 1. The summed E-state index contributed by atoms with van der Waals surface area (Å²) in [7, 11) is 0. The lowest BCUT2D eigenvalue weighted by Crippen LogP contribution is -2.34. The molecule has 0 saturated carbocycles. The van der Waals surface area contributed by atoms with Crippen molar-refractivity contribution in [2.45, 2.75) is 32.9 Å². The average molecular weight is 428 g/mol. The average Bonchev–Trinajstić information content (AvgIpc) is 3.37. The number of anilines is 1. The lowest BCUT2D eigenvalue weighted by atomic mass is 9.98. The smallest absolute Gasteiger partial charge is 0.339 e. The number of H-pyrrole nitrogens is 1. The summed E-state index contributed by atoms with van der Waals surface area (Å²) in [4.78, 5) is 18.2. The highest BCUT2D eigenvalue weighted by Crippen LogP contribution is 2.30. The molecule has 0 bridgehead atoms. The molecule has 162 valence electrons. The molecule has 4 rings (SSSR count). The number of pyridine rings is 1. The van der Waals surface area contributed by atoms with Crippen molar-refractivity contribution >= 4 is 11.8 Å². The van der Waals surface area contributed by atoms with E-state index in [2.05, 4.69) is 63.7 Å². The zero-order valence-corrected chi connectivity index (χ0v) is 17.9. The topological polar surface area (TPSA) is 108 Å². The second-order valence-electron chi connectivity index (χ2n) is 7.56. The van der Waals surface area contributed by atoms with E-state index in [-0.39, 0.29) is 11.6 Å². The first-order chi connectivity index (χ1) is 15.6. The number of carboxylic acid groups (broad SMARTS) is 1. The predicted molar refractivity (Wildman–Crippen MR) is 122 cm³/mol. The monoisotopic (exact) mass is 428 g/mol. The summed E-state index contributed by atoms with van der Waals surface area (Å²) in [6.07, 6.45) is 2.50. The zero-order valence-electron chi connectivity index (χ0n) is 17.9. The van der Waals surface area contributed by atoms with Crippen LogP contribution in [0.15, 0.2) is 66.9 Å². The van der Waals surface area contributed by atoms with Gasteiger partial charge in [-0.25, -0.2) is 14.9 Å². The van der Waals surface area contributed by atoms with Crippen LogP contribution >= 0.6 is 0 Å². The molecule has 0 aliphatic heterocycles. The summed E-state index contributed by atoms with van der Waals surface area (Å²) in [5, 5.41) is 23.8. The normalized spacial score (nSPS) is 11.8. The van der Waals surface area contributed by atoms with Crippen LogP contribution in [0.2, 0.25) is 0 Å². The molecule has 8 heteroatoms. The molecule has 8 nitrogen and oxygen atoms in total. The third-order valence-electron chi connectivity index (χ3n) is 5.56. The number of nitrogens with one attached hydrogen (secondary N) is 1. The van der Waals surface area contributed by atoms with E-state index in [1.54, 1.807) is 18.3 Å². The Bertz CT molecular complexity index is 1190. The quantitative estimate of drug-likeness (QED) is 0.427. The van der Waals surface area contributed by atoms with Crippen molar-refractivity contribution in [2.24, 2.45) is 0 Å². The summed E-state index contributed by atoms with van der Waals surface area (Å²) in [5.74, 6) is 0.126. The molecule has 0 aliphatic carbocycles. The molecule has 0 amide bonds. The van der Waals surface area contributed by atoms with Gasteiger partial charge in [0.1, 0.15) is 11.4 Å². The number of aromatic nitrogens is 5. The summed E-state index contributed by atoms with van der Waals surface area (Å²) in [6.45, 7) is 4.72. The third kappa shape index (κ3) is 4.34. The Kier molecular flexibility index (Phi) is 6.21. The lowest BCUT2D eigenvalue weighted by molar-refractivity contribution is 0.0697. The van der Waals surface area contributed by atoms with Crippen LogP contribution in [-0.2, 0) is 6.54 Å². The van der Waals surface area contributed by atoms with E-state index in [1.165, 1.54) is 0 Å². The maximum atomic E-state index is 11.7. The molecule has 2 aromatic heterocycles. The largest absolute Gasteiger partial charge is 0.478 e. The van der Waals surface area contributed by atoms with Crippen LogP contribution in [0, 0.1) is 0 Å². The highest BCUT2D eigenvalue weighted by molar-refractivity contribution is 5.93. The summed E-state index contributed by atoms with van der Waals surface area (Å²) < 4.78 is 0. The molecule has 4 aromatic rings. The van der Waals surface area contributed by atoms with Crippen LogP contribution in [0.3, 0.4) is 0 Å². The Hall–Kier alpha value is -4.07. The van der Waals surface area contributed by atoms with Gasteiger partial charge in [-0.2, -0.15) is 0 Å². The van der Waals surface area contributed by atoms with Crippen LogP contribution < -0.4 is 4.90 Å². The van der Waals surface area contributed by atoms with Crippen molar-refractivity contribution in [3.8, 4) is 22.5 Å². The van der Waals surface area contributed by atoms with Gasteiger partial charge < -0.3 is 10.0 Å². The van der Waals surface area contributed by atoms with Gasteiger partial charge in [0.05, 0.1) is 0 Å². The Morgan fingerprint density at radius 3 is 2.47 bits per heavy atom. The Balaban J connectivity index is 1.64. The number of aromatic carboxylic acids is 1. The van der Waals surface area contributed by atoms with Crippen molar-refractivity contribution in [1.82, 2.24) is 25.6 Å². The minimum Gasteiger partial charge on any atom is -0.478 e. The molecular weight excluding hydrogens is 404 g/mol. The number of benzene rings is 2. The van der Waals surface area contributed by atoms with Crippen LogP contribution in [0.25, 0.3) is 22.5 Å². The van der Waals surface area contributed by atoms with E-state index in [0.29, 0.717) is 18.2 Å². The second kappa shape index (κ2) is 9.38. The maximum absolute atomic E-state index is 11.7. The molecule has 1 atom stereocenters. The third-order valence-corrected chi connectivity index (χ3v) is 5.56. The SMILES string of the molecule is CCC(C)N(Cc1ccc(-c2ccccc2-c2nnn[nH]2)cc1)c1ncccc1C(=O)O. The highest BCUT2D eigenvalue weighted by Gasteiger charge is 2.21. The summed E-state index contributed by atoms with van der Waals surface area (Å²) in [6, 6.07) is 19.6. The second-order valence-corrected chi connectivity index (χ2v) is 7.56. The van der Waals surface area contributed by atoms with Gasteiger partial charge in [0.2, 0.25) is 0 Å². The minimum absolute atomic E-state index is 0.127. The van der Waals surface area contributed by atoms with E-state index in [0.717, 1.165) is 28.7 Å². The Morgan fingerprint density at radius 1 is 1.06 bits per heavy atom. The first-order valence-corrected chi connectivity index (χ1v) is 10.5. The number of rotatable bonds is 8. The highest BCUT2D eigenvalue weighted by atomic mass is 16.4. The summed E-state index contributed by atoms with van der Waals surface area (Å²) in [5.41, 5.74) is 4.26. The van der Waals surface area contributed by atoms with Gasteiger partial charge >= 0.3 is 5.97 Å². The van der Waals surface area contributed by atoms with Gasteiger partial charge in [0.15, 0.2) is 5.82 Å². The maximum Gasteiger partial charge on any atom is 0.339 e. The molecule has 0 radical (unpaired) electrons. The van der Waals surface area contributed by atoms with Gasteiger partial charge in [-0.1, -0.05) is 55.5 Å². The molecule has 32 heavy (non-hydrogen) atoms. The van der Waals surface area contributed by atoms with Crippen molar-refractivity contribution in [1.29, 1.82) is 0 Å². The first-order valence-electron chi connectivity index (χ1n) is 10.5. The molecule has 0 saturated heterocycles. The Labute approximate surface area is 186 Å². The first kappa shape index (κ1) is 21.2. The van der Waals surface area contributed by atoms with Crippen molar-refractivity contribution < 1.29 is 9.90 Å². The van der Waals surface area contributed by atoms with Crippen molar-refractivity contribution in [2.75, 3.05) is 4.90 Å². The van der Waals surface area contributed by atoms with E-state index in [9.17, 15) is 9.90 Å². The number of nitrogens with zero attached hydrogens (tertiary/aromatic N) is 5. The van der Waals surface area contributed by atoms with E-state index in [1.807, 2.05) is 29.2 Å². The van der Waals surface area contributed by atoms with Crippen LogP contribution in [0.5, 0.6) is 0 Å². The summed E-state index contributed by atoms with van der Waals surface area (Å²) >= 11 is 0. The predicted octanol–water partition coefficient (Wildman–Crippen LogP) is 4.43. The molecule has 1 unspecified atom stereocenters. The fraction of sp³-hybridized carbons (Fsp3) is 0.208. The van der Waals surface area contributed by atoms with Crippen LogP contribution in [0.4, 0.5) is 5.82 Å². The van der Waals surface area contributed by atoms with Gasteiger partial charge in [0, 0.05) is 24.3 Å². The minimum atomic E-state index is -0.977. The molecular formula is C24H24N6O2. The van der Waals surface area contributed by atoms with E-state index >= 15 is 0 Å². The molecule has 2 heterocycles. The van der Waals surface area contributed by atoms with Crippen molar-refractivity contribution in [3.05, 3.63) is 78.0 Å². The zero-order chi connectivity index (χ0) is 22.5. The number of hydrogen-bond donors (Lipinski definition) is 2.